The number of hydrogen-bond donors (Lipinski definition) is 0. The molecule has 0 heterocycles. The Morgan fingerprint density at radius 1 is 0.857 bits per heavy atom. The fourth-order valence-electron chi connectivity index (χ4n) is 3.15. The van der Waals surface area contributed by atoms with Gasteiger partial charge in [0.05, 0.1) is 0 Å². The second-order valence-corrected chi connectivity index (χ2v) is 6.51. The van der Waals surface area contributed by atoms with Crippen LogP contribution in [0.5, 0.6) is 0 Å². The lowest BCUT2D eigenvalue weighted by Crippen LogP contribution is -2.05. The zero-order valence-electron chi connectivity index (χ0n) is 13.2. The lowest BCUT2D eigenvalue weighted by Gasteiger charge is -2.24. The minimum atomic E-state index is 0.773. The topological polar surface area (TPSA) is 9.23 Å². The first kappa shape index (κ1) is 16.0. The molecule has 0 saturated heterocycles. The first-order chi connectivity index (χ1) is 10.4. The van der Waals surface area contributed by atoms with Gasteiger partial charge in [-0.05, 0) is 35.4 Å². The van der Waals surface area contributed by atoms with Crippen LogP contribution < -0.4 is 0 Å². The third-order valence-electron chi connectivity index (χ3n) is 4.09. The summed E-state index contributed by atoms with van der Waals surface area (Å²) < 4.78 is 4.39. The molecule has 0 N–H and O–H groups in total. The van der Waals surface area contributed by atoms with Crippen LogP contribution in [-0.2, 0) is 4.43 Å². The van der Waals surface area contributed by atoms with Crippen LogP contribution >= 0.6 is 0 Å². The Morgan fingerprint density at radius 2 is 1.43 bits per heavy atom. The number of hydrogen-bond acceptors (Lipinski definition) is 1. The molecule has 21 heavy (non-hydrogen) atoms. The van der Waals surface area contributed by atoms with Crippen molar-refractivity contribution >= 4 is 10.5 Å². The molecule has 0 radical (unpaired) electrons. The summed E-state index contributed by atoms with van der Waals surface area (Å²) >= 11 is 0. The number of rotatable bonds is 2. The highest BCUT2D eigenvalue weighted by Gasteiger charge is 2.18. The van der Waals surface area contributed by atoms with E-state index in [-0.39, 0.29) is 0 Å². The van der Waals surface area contributed by atoms with E-state index in [0.29, 0.717) is 0 Å². The van der Waals surface area contributed by atoms with Crippen molar-refractivity contribution in [3.63, 3.8) is 0 Å². The molecule has 2 aromatic carbocycles. The molecule has 2 heteroatoms. The summed E-state index contributed by atoms with van der Waals surface area (Å²) in [6.07, 6.45) is 6.94. The Bertz CT molecular complexity index is 518. The molecule has 0 aliphatic heterocycles. The van der Waals surface area contributed by atoms with Gasteiger partial charge < -0.3 is 4.43 Å². The van der Waals surface area contributed by atoms with Gasteiger partial charge >= 0.3 is 0 Å². The molecule has 1 fully saturated rings. The molecule has 2 aromatic rings. The summed E-state index contributed by atoms with van der Waals surface area (Å²) in [6, 6.07) is 19.8. The first-order valence-corrected chi connectivity index (χ1v) is 8.73. The maximum absolute atomic E-state index is 4.39. The average molecular weight is 299 g/mol. The molecule has 112 valence electrons. The Kier molecular flexibility index (Phi) is 6.71. The van der Waals surface area contributed by atoms with Crippen molar-refractivity contribution in [1.82, 2.24) is 0 Å². The van der Waals surface area contributed by atoms with E-state index in [1.54, 1.807) is 12.7 Å². The number of benzene rings is 2. The van der Waals surface area contributed by atoms with Gasteiger partial charge in [0.15, 0.2) is 0 Å². The van der Waals surface area contributed by atoms with Gasteiger partial charge in [0, 0.05) is 7.11 Å². The van der Waals surface area contributed by atoms with Gasteiger partial charge in [0.25, 0.3) is 0 Å². The van der Waals surface area contributed by atoms with E-state index in [9.17, 15) is 0 Å². The van der Waals surface area contributed by atoms with E-state index < -0.39 is 0 Å². The highest BCUT2D eigenvalue weighted by Crippen LogP contribution is 2.37. The van der Waals surface area contributed by atoms with Gasteiger partial charge in [-0.2, -0.15) is 0 Å². The van der Waals surface area contributed by atoms with Gasteiger partial charge in [0.1, 0.15) is 10.5 Å². The standard InChI is InChI=1S/C18H20.CH6OSi/c1-3-9-15(10-4-1)17-13-7-8-14-18(17)16-11-5-2-6-12-16;1-2-3/h1,3-4,7-10,13-14,16H,2,5-6,11-12H2;1,3H3. The van der Waals surface area contributed by atoms with Gasteiger partial charge in [-0.25, -0.2) is 0 Å². The molecule has 3 rings (SSSR count). The molecule has 0 unspecified atom stereocenters. The van der Waals surface area contributed by atoms with Crippen molar-refractivity contribution in [3.05, 3.63) is 60.2 Å². The maximum atomic E-state index is 4.39. The van der Waals surface area contributed by atoms with Gasteiger partial charge in [0.2, 0.25) is 0 Å². The van der Waals surface area contributed by atoms with Gasteiger partial charge in [-0.1, -0.05) is 73.9 Å². The molecular formula is C19H26OSi. The van der Waals surface area contributed by atoms with Crippen molar-refractivity contribution in [1.29, 1.82) is 0 Å². The summed E-state index contributed by atoms with van der Waals surface area (Å²) in [5.41, 5.74) is 4.35. The van der Waals surface area contributed by atoms with Crippen molar-refractivity contribution in [2.24, 2.45) is 0 Å². The Hall–Kier alpha value is -1.38. The lowest BCUT2D eigenvalue weighted by atomic mass is 9.81. The van der Waals surface area contributed by atoms with Crippen molar-refractivity contribution in [3.8, 4) is 11.1 Å². The van der Waals surface area contributed by atoms with Crippen LogP contribution in [0.3, 0.4) is 0 Å². The normalized spacial score (nSPS) is 15.3. The van der Waals surface area contributed by atoms with Crippen molar-refractivity contribution < 1.29 is 4.43 Å². The van der Waals surface area contributed by atoms with Crippen molar-refractivity contribution in [2.75, 3.05) is 7.11 Å². The largest absolute Gasteiger partial charge is 0.431 e. The molecule has 1 saturated carbocycles. The summed E-state index contributed by atoms with van der Waals surface area (Å²) in [5, 5.41) is 0. The van der Waals surface area contributed by atoms with Crippen LogP contribution in [0.25, 0.3) is 11.1 Å². The van der Waals surface area contributed by atoms with Crippen molar-refractivity contribution in [2.45, 2.75) is 38.0 Å². The maximum Gasteiger partial charge on any atom is 0.145 e. The fourth-order valence-corrected chi connectivity index (χ4v) is 3.15. The molecule has 1 nitrogen and oxygen atoms in total. The van der Waals surface area contributed by atoms with Gasteiger partial charge in [-0.3, -0.25) is 0 Å². The fraction of sp³-hybridized carbons (Fsp3) is 0.368. The van der Waals surface area contributed by atoms with Crippen LogP contribution in [0.4, 0.5) is 0 Å². The summed E-state index contributed by atoms with van der Waals surface area (Å²) in [4.78, 5) is 0. The molecule has 1 aliphatic carbocycles. The van der Waals surface area contributed by atoms with E-state index in [0.717, 1.165) is 16.4 Å². The van der Waals surface area contributed by atoms with E-state index in [1.807, 2.05) is 0 Å². The summed E-state index contributed by atoms with van der Waals surface area (Å²) in [7, 11) is 2.56. The van der Waals surface area contributed by atoms with Crippen LogP contribution in [0, 0.1) is 0 Å². The Morgan fingerprint density at radius 3 is 2.10 bits per heavy atom. The van der Waals surface area contributed by atoms with E-state index in [2.05, 4.69) is 59.0 Å². The molecule has 0 spiro atoms. The van der Waals surface area contributed by atoms with Crippen LogP contribution in [0.2, 0.25) is 0 Å². The Balaban J connectivity index is 0.000000497. The highest BCUT2D eigenvalue weighted by atomic mass is 28.2. The quantitative estimate of drug-likeness (QED) is 0.751. The lowest BCUT2D eigenvalue weighted by molar-refractivity contribution is 0.444. The smallest absolute Gasteiger partial charge is 0.145 e. The molecule has 0 atom stereocenters. The SMILES string of the molecule is CO[SiH3].c1ccc(-c2ccccc2C2CCCCC2)cc1. The third kappa shape index (κ3) is 4.55. The van der Waals surface area contributed by atoms with Crippen LogP contribution in [0.15, 0.2) is 54.6 Å². The Labute approximate surface area is 131 Å². The second kappa shape index (κ2) is 8.80. The molecule has 0 bridgehead atoms. The van der Waals surface area contributed by atoms with E-state index in [1.165, 1.54) is 43.2 Å². The van der Waals surface area contributed by atoms with Gasteiger partial charge in [-0.15, -0.1) is 0 Å². The molecule has 0 amide bonds. The molecular weight excluding hydrogens is 272 g/mol. The molecule has 1 aliphatic rings. The van der Waals surface area contributed by atoms with Crippen LogP contribution in [0.1, 0.15) is 43.6 Å². The third-order valence-corrected chi connectivity index (χ3v) is 4.09. The second-order valence-electron chi connectivity index (χ2n) is 5.70. The van der Waals surface area contributed by atoms with E-state index in [4.69, 9.17) is 0 Å². The first-order valence-electron chi connectivity index (χ1n) is 7.91. The zero-order valence-corrected chi connectivity index (χ0v) is 15.2. The summed E-state index contributed by atoms with van der Waals surface area (Å²) in [6.45, 7) is 0. The monoisotopic (exact) mass is 298 g/mol. The zero-order chi connectivity index (χ0) is 14.9. The van der Waals surface area contributed by atoms with E-state index >= 15 is 0 Å². The highest BCUT2D eigenvalue weighted by molar-refractivity contribution is 5.97. The summed E-state index contributed by atoms with van der Waals surface area (Å²) in [5.74, 6) is 0.773. The minimum Gasteiger partial charge on any atom is -0.431 e. The average Bonchev–Trinajstić information content (AvgIpc) is 2.57. The minimum absolute atomic E-state index is 0.773. The molecule has 0 aromatic heterocycles. The predicted octanol–water partition coefficient (Wildman–Crippen LogP) is 4.31. The predicted molar refractivity (Wildman–Crippen MR) is 94.7 cm³/mol. The van der Waals surface area contributed by atoms with Crippen LogP contribution in [-0.4, -0.2) is 17.6 Å².